The van der Waals surface area contributed by atoms with Crippen LogP contribution in [0.2, 0.25) is 0 Å². The van der Waals surface area contributed by atoms with Crippen molar-refractivity contribution in [2.75, 3.05) is 13.2 Å². The van der Waals surface area contributed by atoms with Gasteiger partial charge in [0, 0.05) is 23.2 Å². The van der Waals surface area contributed by atoms with Crippen LogP contribution in [-0.4, -0.2) is 18.2 Å². The van der Waals surface area contributed by atoms with Crippen LogP contribution in [0.3, 0.4) is 0 Å². The number of pyridine rings is 1. The molecule has 4 heteroatoms. The van der Waals surface area contributed by atoms with Crippen molar-refractivity contribution in [1.82, 2.24) is 4.98 Å². The van der Waals surface area contributed by atoms with E-state index < -0.39 is 0 Å². The zero-order chi connectivity index (χ0) is 15.4. The Bertz CT molecular complexity index is 589. The van der Waals surface area contributed by atoms with Crippen LogP contribution in [0.25, 0.3) is 11.3 Å². The normalized spacial score (nSPS) is 21.7. The Morgan fingerprint density at radius 1 is 1.09 bits per heavy atom. The maximum atomic E-state index is 12.9. The van der Waals surface area contributed by atoms with E-state index in [2.05, 4.69) is 11.9 Å². The molecule has 3 rings (SSSR count). The molecule has 22 heavy (non-hydrogen) atoms. The fourth-order valence-corrected chi connectivity index (χ4v) is 2.65. The molecule has 1 fully saturated rings. The van der Waals surface area contributed by atoms with Crippen LogP contribution >= 0.6 is 0 Å². The smallest absolute Gasteiger partial charge is 0.185 e. The van der Waals surface area contributed by atoms with Gasteiger partial charge in [0.05, 0.1) is 18.9 Å². The van der Waals surface area contributed by atoms with Crippen molar-refractivity contribution < 1.29 is 13.9 Å². The Morgan fingerprint density at radius 3 is 2.41 bits per heavy atom. The molecule has 3 nitrogen and oxygen atoms in total. The maximum Gasteiger partial charge on any atom is 0.185 e. The molecule has 0 N–H and O–H groups in total. The summed E-state index contributed by atoms with van der Waals surface area (Å²) in [6.45, 7) is 3.64. The average molecular weight is 301 g/mol. The second kappa shape index (κ2) is 6.99. The lowest BCUT2D eigenvalue weighted by molar-refractivity contribution is -0.206. The molecule has 1 saturated heterocycles. The standard InChI is InChI=1S/C18H20FNO2/c1-2-3-13-11-21-18(22-12-13)15-6-9-17(20-10-15)14-4-7-16(19)8-5-14/h4-10,13,18H,2-3,11-12H2,1H3/t13-,18-. The van der Waals surface area contributed by atoms with Crippen LogP contribution < -0.4 is 0 Å². The van der Waals surface area contributed by atoms with Gasteiger partial charge in [0.1, 0.15) is 5.82 Å². The van der Waals surface area contributed by atoms with Crippen molar-refractivity contribution >= 4 is 0 Å². The highest BCUT2D eigenvalue weighted by Crippen LogP contribution is 2.27. The monoisotopic (exact) mass is 301 g/mol. The number of hydrogen-bond donors (Lipinski definition) is 0. The Morgan fingerprint density at radius 2 is 1.82 bits per heavy atom. The fraction of sp³-hybridized carbons (Fsp3) is 0.389. The minimum absolute atomic E-state index is 0.244. The van der Waals surface area contributed by atoms with Crippen LogP contribution in [0.15, 0.2) is 42.6 Å². The topological polar surface area (TPSA) is 31.4 Å². The first-order valence-corrected chi connectivity index (χ1v) is 7.71. The zero-order valence-electron chi connectivity index (χ0n) is 12.7. The van der Waals surface area contributed by atoms with E-state index in [9.17, 15) is 4.39 Å². The number of rotatable bonds is 4. The van der Waals surface area contributed by atoms with E-state index in [0.29, 0.717) is 5.92 Å². The predicted octanol–water partition coefficient (Wildman–Crippen LogP) is 4.35. The van der Waals surface area contributed by atoms with E-state index in [1.807, 2.05) is 12.1 Å². The van der Waals surface area contributed by atoms with Crippen molar-refractivity contribution in [3.05, 3.63) is 54.0 Å². The Hall–Kier alpha value is -1.78. The zero-order valence-corrected chi connectivity index (χ0v) is 12.7. The van der Waals surface area contributed by atoms with Gasteiger partial charge in [-0.15, -0.1) is 0 Å². The highest BCUT2D eigenvalue weighted by Gasteiger charge is 2.23. The summed E-state index contributed by atoms with van der Waals surface area (Å²) in [4.78, 5) is 4.43. The summed E-state index contributed by atoms with van der Waals surface area (Å²) < 4.78 is 24.5. The minimum Gasteiger partial charge on any atom is -0.348 e. The molecule has 0 spiro atoms. The molecule has 2 aromatic rings. The SMILES string of the molecule is CCC[C@H]1CO[C@H](c2ccc(-c3ccc(F)cc3)nc2)OC1. The lowest BCUT2D eigenvalue weighted by Crippen LogP contribution is -2.27. The second-order valence-corrected chi connectivity index (χ2v) is 5.64. The van der Waals surface area contributed by atoms with Gasteiger partial charge in [-0.2, -0.15) is 0 Å². The molecule has 0 unspecified atom stereocenters. The molecule has 1 aromatic heterocycles. The summed E-state index contributed by atoms with van der Waals surface area (Å²) in [5.74, 6) is 0.249. The third-order valence-electron chi connectivity index (χ3n) is 3.86. The molecular weight excluding hydrogens is 281 g/mol. The quantitative estimate of drug-likeness (QED) is 0.841. The van der Waals surface area contributed by atoms with Crippen LogP contribution in [0.4, 0.5) is 4.39 Å². The van der Waals surface area contributed by atoms with Crippen molar-refractivity contribution in [2.24, 2.45) is 5.92 Å². The predicted molar refractivity (Wildman–Crippen MR) is 82.7 cm³/mol. The first-order valence-electron chi connectivity index (χ1n) is 7.71. The van der Waals surface area contributed by atoms with Crippen LogP contribution in [0.5, 0.6) is 0 Å². The van der Waals surface area contributed by atoms with Gasteiger partial charge in [-0.3, -0.25) is 4.98 Å². The Labute approximate surface area is 130 Å². The van der Waals surface area contributed by atoms with E-state index in [4.69, 9.17) is 9.47 Å². The molecule has 1 aliphatic heterocycles. The maximum absolute atomic E-state index is 12.9. The fourth-order valence-electron chi connectivity index (χ4n) is 2.65. The Kier molecular flexibility index (Phi) is 4.80. The third kappa shape index (κ3) is 3.51. The molecule has 0 bridgehead atoms. The number of aromatic nitrogens is 1. The first kappa shape index (κ1) is 15.1. The van der Waals surface area contributed by atoms with Gasteiger partial charge in [0.2, 0.25) is 0 Å². The molecule has 2 heterocycles. The molecule has 1 aromatic carbocycles. The van der Waals surface area contributed by atoms with E-state index >= 15 is 0 Å². The number of nitrogens with zero attached hydrogens (tertiary/aromatic N) is 1. The summed E-state index contributed by atoms with van der Waals surface area (Å²) in [7, 11) is 0. The van der Waals surface area contributed by atoms with E-state index in [-0.39, 0.29) is 12.1 Å². The summed E-state index contributed by atoms with van der Waals surface area (Å²) in [6.07, 6.45) is 3.72. The molecule has 0 atom stereocenters. The summed E-state index contributed by atoms with van der Waals surface area (Å²) in [5, 5.41) is 0. The summed E-state index contributed by atoms with van der Waals surface area (Å²) in [6, 6.07) is 10.2. The van der Waals surface area contributed by atoms with Crippen molar-refractivity contribution in [3.8, 4) is 11.3 Å². The first-order chi connectivity index (χ1) is 10.8. The number of hydrogen-bond acceptors (Lipinski definition) is 3. The number of ether oxygens (including phenoxy) is 2. The van der Waals surface area contributed by atoms with Crippen molar-refractivity contribution in [3.63, 3.8) is 0 Å². The number of halogens is 1. The van der Waals surface area contributed by atoms with Crippen LogP contribution in [0, 0.1) is 11.7 Å². The minimum atomic E-state index is -0.331. The lowest BCUT2D eigenvalue weighted by Gasteiger charge is -2.29. The molecule has 1 aliphatic rings. The molecule has 0 amide bonds. The van der Waals surface area contributed by atoms with E-state index in [1.54, 1.807) is 18.3 Å². The molecular formula is C18H20FNO2. The molecule has 116 valence electrons. The largest absolute Gasteiger partial charge is 0.348 e. The van der Waals surface area contributed by atoms with Crippen molar-refractivity contribution in [1.29, 1.82) is 0 Å². The summed E-state index contributed by atoms with van der Waals surface area (Å²) in [5.41, 5.74) is 2.62. The molecule has 0 radical (unpaired) electrons. The van der Waals surface area contributed by atoms with Gasteiger partial charge in [-0.05, 0) is 36.8 Å². The van der Waals surface area contributed by atoms with E-state index in [0.717, 1.165) is 42.9 Å². The van der Waals surface area contributed by atoms with Crippen LogP contribution in [-0.2, 0) is 9.47 Å². The van der Waals surface area contributed by atoms with Gasteiger partial charge in [0.15, 0.2) is 6.29 Å². The highest BCUT2D eigenvalue weighted by molar-refractivity contribution is 5.58. The summed E-state index contributed by atoms with van der Waals surface area (Å²) >= 11 is 0. The molecule has 0 aliphatic carbocycles. The van der Waals surface area contributed by atoms with Crippen LogP contribution in [0.1, 0.15) is 31.6 Å². The Balaban J connectivity index is 1.66. The highest BCUT2D eigenvalue weighted by atomic mass is 19.1. The van der Waals surface area contributed by atoms with Gasteiger partial charge in [-0.1, -0.05) is 19.4 Å². The van der Waals surface area contributed by atoms with Crippen molar-refractivity contribution in [2.45, 2.75) is 26.1 Å². The third-order valence-corrected chi connectivity index (χ3v) is 3.86. The van der Waals surface area contributed by atoms with E-state index in [1.165, 1.54) is 12.1 Å². The molecule has 0 saturated carbocycles. The lowest BCUT2D eigenvalue weighted by atomic mass is 10.1. The average Bonchev–Trinajstić information content (AvgIpc) is 2.57. The van der Waals surface area contributed by atoms with Gasteiger partial charge in [-0.25, -0.2) is 4.39 Å². The number of benzene rings is 1. The van der Waals surface area contributed by atoms with Gasteiger partial charge >= 0.3 is 0 Å². The van der Waals surface area contributed by atoms with Gasteiger partial charge < -0.3 is 9.47 Å². The second-order valence-electron chi connectivity index (χ2n) is 5.64. The van der Waals surface area contributed by atoms with Gasteiger partial charge in [0.25, 0.3) is 0 Å².